The highest BCUT2D eigenvalue weighted by Gasteiger charge is 2.21. The first kappa shape index (κ1) is 11.3. The van der Waals surface area contributed by atoms with E-state index in [9.17, 15) is 18.9 Å². The summed E-state index contributed by atoms with van der Waals surface area (Å²) in [4.78, 5) is 13.3. The van der Waals surface area contributed by atoms with Crippen LogP contribution in [-0.4, -0.2) is 17.0 Å². The van der Waals surface area contributed by atoms with Crippen LogP contribution >= 0.6 is 0 Å². The largest absolute Gasteiger partial charge is 0.481 e. The van der Waals surface area contributed by atoms with Crippen LogP contribution in [-0.2, 0) is 0 Å². The molecule has 0 aliphatic carbocycles. The quantitative estimate of drug-likeness (QED) is 0.576. The molecule has 0 fully saturated rings. The summed E-state index contributed by atoms with van der Waals surface area (Å²) in [5, 5.41) is 10.5. The fourth-order valence-electron chi connectivity index (χ4n) is 1.09. The lowest BCUT2D eigenvalue weighted by molar-refractivity contribution is -0.385. The van der Waals surface area contributed by atoms with Gasteiger partial charge in [-0.1, -0.05) is 0 Å². The standard InChI is InChI=1S/C8H8F2N2O3/c1-4-6(12(13)14)3-5(7(9)10)11-8(4)15-2/h3,7H,1-2H3. The molecular weight excluding hydrogens is 210 g/mol. The molecule has 1 aromatic rings. The van der Waals surface area contributed by atoms with E-state index in [1.807, 2.05) is 0 Å². The molecule has 5 nitrogen and oxygen atoms in total. The number of nitro groups is 1. The summed E-state index contributed by atoms with van der Waals surface area (Å²) in [5.74, 6) is -0.153. The van der Waals surface area contributed by atoms with Crippen LogP contribution in [0.3, 0.4) is 0 Å². The van der Waals surface area contributed by atoms with Gasteiger partial charge in [-0.25, -0.2) is 13.8 Å². The summed E-state index contributed by atoms with van der Waals surface area (Å²) in [7, 11) is 1.22. The lowest BCUT2D eigenvalue weighted by Gasteiger charge is -2.06. The molecule has 1 heterocycles. The van der Waals surface area contributed by atoms with E-state index in [-0.39, 0.29) is 11.4 Å². The van der Waals surface area contributed by atoms with E-state index in [0.717, 1.165) is 6.07 Å². The van der Waals surface area contributed by atoms with E-state index in [0.29, 0.717) is 0 Å². The molecule has 0 atom stereocenters. The van der Waals surface area contributed by atoms with Gasteiger partial charge in [-0.05, 0) is 6.92 Å². The first-order valence-electron chi connectivity index (χ1n) is 3.95. The Morgan fingerprint density at radius 1 is 1.60 bits per heavy atom. The summed E-state index contributed by atoms with van der Waals surface area (Å²) in [5.41, 5.74) is -0.951. The molecule has 0 saturated carbocycles. The number of hydrogen-bond acceptors (Lipinski definition) is 4. The molecule has 0 radical (unpaired) electrons. The minimum atomic E-state index is -2.86. The van der Waals surface area contributed by atoms with Gasteiger partial charge in [0, 0.05) is 6.07 Å². The first-order valence-corrected chi connectivity index (χ1v) is 3.95. The second kappa shape index (κ2) is 4.16. The highest BCUT2D eigenvalue weighted by atomic mass is 19.3. The number of methoxy groups -OCH3 is 1. The van der Waals surface area contributed by atoms with Crippen molar-refractivity contribution in [2.75, 3.05) is 7.11 Å². The Bertz CT molecular complexity index is 396. The number of nitrogens with zero attached hydrogens (tertiary/aromatic N) is 2. The number of pyridine rings is 1. The third-order valence-electron chi connectivity index (χ3n) is 1.83. The van der Waals surface area contributed by atoms with Crippen LogP contribution in [0.15, 0.2) is 6.07 Å². The Kier molecular flexibility index (Phi) is 3.13. The Morgan fingerprint density at radius 3 is 2.60 bits per heavy atom. The Labute approximate surface area is 83.8 Å². The van der Waals surface area contributed by atoms with Gasteiger partial charge in [0.15, 0.2) is 0 Å². The van der Waals surface area contributed by atoms with Crippen LogP contribution in [0, 0.1) is 17.0 Å². The fourth-order valence-corrected chi connectivity index (χ4v) is 1.09. The summed E-state index contributed by atoms with van der Waals surface area (Å²) in [6.45, 7) is 1.39. The smallest absolute Gasteiger partial charge is 0.280 e. The highest BCUT2D eigenvalue weighted by molar-refractivity contribution is 5.46. The van der Waals surface area contributed by atoms with Gasteiger partial charge in [-0.2, -0.15) is 0 Å². The van der Waals surface area contributed by atoms with Crippen molar-refractivity contribution in [3.05, 3.63) is 27.4 Å². The maximum atomic E-state index is 12.3. The molecule has 1 aromatic heterocycles. The van der Waals surface area contributed by atoms with Crippen LogP contribution in [0.1, 0.15) is 17.7 Å². The molecule has 0 saturated heterocycles. The molecule has 1 rings (SSSR count). The van der Waals surface area contributed by atoms with E-state index in [2.05, 4.69) is 9.72 Å². The molecule has 0 spiro atoms. The van der Waals surface area contributed by atoms with Crippen molar-refractivity contribution in [3.63, 3.8) is 0 Å². The van der Waals surface area contributed by atoms with Gasteiger partial charge in [0.2, 0.25) is 5.88 Å². The molecule has 15 heavy (non-hydrogen) atoms. The molecule has 0 bridgehead atoms. The minimum absolute atomic E-state index is 0.131. The average molecular weight is 218 g/mol. The van der Waals surface area contributed by atoms with Crippen molar-refractivity contribution >= 4 is 5.69 Å². The Balaban J connectivity index is 3.38. The zero-order valence-electron chi connectivity index (χ0n) is 8.03. The lowest BCUT2D eigenvalue weighted by Crippen LogP contribution is -2.01. The summed E-state index contributed by atoms with van der Waals surface area (Å²) in [6.07, 6.45) is -2.86. The van der Waals surface area contributed by atoms with E-state index in [1.165, 1.54) is 14.0 Å². The second-order valence-corrected chi connectivity index (χ2v) is 2.76. The van der Waals surface area contributed by atoms with E-state index < -0.39 is 22.7 Å². The van der Waals surface area contributed by atoms with Crippen LogP contribution < -0.4 is 4.74 Å². The van der Waals surface area contributed by atoms with Crippen LogP contribution in [0.5, 0.6) is 5.88 Å². The van der Waals surface area contributed by atoms with Crippen molar-refractivity contribution in [2.45, 2.75) is 13.3 Å². The van der Waals surface area contributed by atoms with Gasteiger partial charge >= 0.3 is 0 Å². The lowest BCUT2D eigenvalue weighted by atomic mass is 10.2. The number of hydrogen-bond donors (Lipinski definition) is 0. The topological polar surface area (TPSA) is 65.3 Å². The highest BCUT2D eigenvalue weighted by Crippen LogP contribution is 2.30. The van der Waals surface area contributed by atoms with Gasteiger partial charge in [0.05, 0.1) is 17.6 Å². The van der Waals surface area contributed by atoms with Crippen molar-refractivity contribution < 1.29 is 18.4 Å². The maximum absolute atomic E-state index is 12.3. The molecule has 0 unspecified atom stereocenters. The zero-order valence-corrected chi connectivity index (χ0v) is 8.03. The van der Waals surface area contributed by atoms with Gasteiger partial charge in [-0.3, -0.25) is 10.1 Å². The summed E-state index contributed by atoms with van der Waals surface area (Å²) < 4.78 is 29.3. The van der Waals surface area contributed by atoms with Crippen LogP contribution in [0.25, 0.3) is 0 Å². The Morgan fingerprint density at radius 2 is 2.20 bits per heavy atom. The average Bonchev–Trinajstić information content (AvgIpc) is 2.17. The van der Waals surface area contributed by atoms with Crippen LogP contribution in [0.4, 0.5) is 14.5 Å². The van der Waals surface area contributed by atoms with E-state index in [4.69, 9.17) is 0 Å². The third kappa shape index (κ3) is 2.17. The molecule has 0 aromatic carbocycles. The third-order valence-corrected chi connectivity index (χ3v) is 1.83. The monoisotopic (exact) mass is 218 g/mol. The number of alkyl halides is 2. The normalized spacial score (nSPS) is 10.5. The Hall–Kier alpha value is -1.79. The predicted molar refractivity (Wildman–Crippen MR) is 47.1 cm³/mol. The summed E-state index contributed by atoms with van der Waals surface area (Å²) >= 11 is 0. The number of rotatable bonds is 3. The number of halogens is 2. The maximum Gasteiger partial charge on any atom is 0.280 e. The van der Waals surface area contributed by atoms with Gasteiger partial charge in [0.25, 0.3) is 12.1 Å². The predicted octanol–water partition coefficient (Wildman–Crippen LogP) is 2.24. The minimum Gasteiger partial charge on any atom is -0.481 e. The van der Waals surface area contributed by atoms with Crippen molar-refractivity contribution in [1.29, 1.82) is 0 Å². The van der Waals surface area contributed by atoms with Gasteiger partial charge in [0.1, 0.15) is 5.69 Å². The molecule has 0 aliphatic rings. The van der Waals surface area contributed by atoms with Gasteiger partial charge < -0.3 is 4.74 Å². The van der Waals surface area contributed by atoms with E-state index in [1.54, 1.807) is 0 Å². The molecule has 0 N–H and O–H groups in total. The van der Waals surface area contributed by atoms with Crippen LogP contribution in [0.2, 0.25) is 0 Å². The fraction of sp³-hybridized carbons (Fsp3) is 0.375. The molecule has 82 valence electrons. The SMILES string of the molecule is COc1nc(C(F)F)cc([N+](=O)[O-])c1C. The molecular formula is C8H8F2N2O3. The first-order chi connectivity index (χ1) is 6.97. The summed E-state index contributed by atoms with van der Waals surface area (Å²) in [6, 6.07) is 0.752. The van der Waals surface area contributed by atoms with Gasteiger partial charge in [-0.15, -0.1) is 0 Å². The second-order valence-electron chi connectivity index (χ2n) is 2.76. The number of aromatic nitrogens is 1. The van der Waals surface area contributed by atoms with Crippen molar-refractivity contribution in [2.24, 2.45) is 0 Å². The molecule has 0 aliphatic heterocycles. The zero-order chi connectivity index (χ0) is 11.6. The number of ether oxygens (including phenoxy) is 1. The van der Waals surface area contributed by atoms with Crippen molar-refractivity contribution in [3.8, 4) is 5.88 Å². The van der Waals surface area contributed by atoms with E-state index >= 15 is 0 Å². The molecule has 0 amide bonds. The van der Waals surface area contributed by atoms with Crippen molar-refractivity contribution in [1.82, 2.24) is 4.98 Å². The molecule has 7 heteroatoms.